The summed E-state index contributed by atoms with van der Waals surface area (Å²) < 4.78 is 9.77. The molecule has 0 heterocycles. The van der Waals surface area contributed by atoms with Crippen molar-refractivity contribution in [2.24, 2.45) is 11.8 Å². The third-order valence-corrected chi connectivity index (χ3v) is 4.83. The van der Waals surface area contributed by atoms with Crippen LogP contribution in [0.1, 0.15) is 19.8 Å². The molecule has 0 saturated heterocycles. The number of alkyl halides is 4. The second-order valence-corrected chi connectivity index (χ2v) is 7.64. The van der Waals surface area contributed by atoms with E-state index in [2.05, 4.69) is 0 Å². The maximum atomic E-state index is 5.88. The molecule has 0 aromatic rings. The largest absolute Gasteiger partial charge is 0.353 e. The molecule has 0 spiro atoms. The number of rotatable bonds is 6. The van der Waals surface area contributed by atoms with Gasteiger partial charge in [-0.15, -0.1) is 46.4 Å². The molecule has 2 fully saturated rings. The molecule has 2 aliphatic carbocycles. The zero-order chi connectivity index (χ0) is 12.0. The quantitative estimate of drug-likeness (QED) is 0.549. The van der Waals surface area contributed by atoms with Crippen LogP contribution >= 0.6 is 46.4 Å². The first-order chi connectivity index (χ1) is 7.31. The van der Waals surface area contributed by atoms with Gasteiger partial charge in [-0.25, -0.2) is 0 Å². The third-order valence-electron chi connectivity index (χ3n) is 2.98. The van der Waals surface area contributed by atoms with E-state index < -0.39 is 8.67 Å². The van der Waals surface area contributed by atoms with Gasteiger partial charge in [-0.1, -0.05) is 0 Å². The van der Waals surface area contributed by atoms with Crippen molar-refractivity contribution in [3.63, 3.8) is 0 Å². The molecule has 2 nitrogen and oxygen atoms in total. The number of halogens is 4. The summed E-state index contributed by atoms with van der Waals surface area (Å²) in [5.41, 5.74) is 0. The Hall–Kier alpha value is 1.08. The molecule has 0 aliphatic heterocycles. The van der Waals surface area contributed by atoms with Crippen LogP contribution in [0.15, 0.2) is 0 Å². The van der Waals surface area contributed by atoms with Gasteiger partial charge in [0.1, 0.15) is 8.67 Å². The van der Waals surface area contributed by atoms with Crippen molar-refractivity contribution in [3.8, 4) is 0 Å². The molecule has 2 aliphatic rings. The van der Waals surface area contributed by atoms with E-state index in [4.69, 9.17) is 55.9 Å². The zero-order valence-corrected chi connectivity index (χ0v) is 11.9. The Morgan fingerprint density at radius 3 is 1.56 bits per heavy atom. The highest BCUT2D eigenvalue weighted by Gasteiger charge is 2.52. The highest BCUT2D eigenvalue weighted by molar-refractivity contribution is 6.51. The van der Waals surface area contributed by atoms with Crippen LogP contribution in [-0.2, 0) is 9.47 Å². The third kappa shape index (κ3) is 3.54. The standard InChI is InChI=1S/C10H14Cl4O2/c1-6(15-4-7-2-9(7,11)12)16-5-8-3-10(8,13)14/h6-8H,2-5H2,1H3/t7-,8-/m1/s1. The van der Waals surface area contributed by atoms with E-state index in [1.807, 2.05) is 6.92 Å². The molecule has 2 saturated carbocycles. The van der Waals surface area contributed by atoms with Crippen LogP contribution in [0.25, 0.3) is 0 Å². The molecule has 2 rings (SSSR count). The van der Waals surface area contributed by atoms with Gasteiger partial charge in [0.25, 0.3) is 0 Å². The molecule has 6 heteroatoms. The van der Waals surface area contributed by atoms with E-state index in [0.717, 1.165) is 12.8 Å². The summed E-state index contributed by atoms with van der Waals surface area (Å²) in [6, 6.07) is 0. The first-order valence-corrected chi connectivity index (χ1v) is 6.81. The van der Waals surface area contributed by atoms with E-state index in [1.54, 1.807) is 0 Å². The molecule has 0 unspecified atom stereocenters. The highest BCUT2D eigenvalue weighted by Crippen LogP contribution is 2.54. The minimum atomic E-state index is -0.586. The monoisotopic (exact) mass is 306 g/mol. The van der Waals surface area contributed by atoms with Gasteiger partial charge >= 0.3 is 0 Å². The number of ether oxygens (including phenoxy) is 2. The minimum Gasteiger partial charge on any atom is -0.353 e. The Kier molecular flexibility index (Phi) is 3.92. The fourth-order valence-electron chi connectivity index (χ4n) is 1.45. The van der Waals surface area contributed by atoms with E-state index >= 15 is 0 Å². The topological polar surface area (TPSA) is 18.5 Å². The first kappa shape index (κ1) is 13.5. The lowest BCUT2D eigenvalue weighted by Crippen LogP contribution is -2.17. The Bertz CT molecular complexity index is 244. The van der Waals surface area contributed by atoms with Crippen LogP contribution in [0.5, 0.6) is 0 Å². The molecule has 0 N–H and O–H groups in total. The lowest BCUT2D eigenvalue weighted by atomic mass is 10.4. The second kappa shape index (κ2) is 4.64. The predicted molar refractivity (Wildman–Crippen MR) is 66.5 cm³/mol. The van der Waals surface area contributed by atoms with Crippen LogP contribution in [0.2, 0.25) is 0 Å². The number of hydrogen-bond acceptors (Lipinski definition) is 2. The summed E-state index contributed by atoms with van der Waals surface area (Å²) >= 11 is 23.5. The molecular formula is C10H14Cl4O2. The Morgan fingerprint density at radius 1 is 1.00 bits per heavy atom. The van der Waals surface area contributed by atoms with E-state index in [9.17, 15) is 0 Å². The maximum Gasteiger partial charge on any atom is 0.154 e. The van der Waals surface area contributed by atoms with Crippen LogP contribution in [-0.4, -0.2) is 28.2 Å². The summed E-state index contributed by atoms with van der Waals surface area (Å²) in [4.78, 5) is 0. The second-order valence-electron chi connectivity index (χ2n) is 4.56. The SMILES string of the molecule is CC(OC[C@H]1CC1(Cl)Cl)OC[C@H]1CC1(Cl)Cl. The Morgan fingerprint density at radius 2 is 1.31 bits per heavy atom. The van der Waals surface area contributed by atoms with Crippen LogP contribution in [0.4, 0.5) is 0 Å². The Balaban J connectivity index is 1.54. The summed E-state index contributed by atoms with van der Waals surface area (Å²) in [5.74, 6) is 0.450. The van der Waals surface area contributed by atoms with Gasteiger partial charge in [0.05, 0.1) is 13.2 Å². The molecule has 0 amide bonds. The molecule has 94 valence electrons. The van der Waals surface area contributed by atoms with Gasteiger partial charge in [0.2, 0.25) is 0 Å². The van der Waals surface area contributed by atoms with Crippen molar-refractivity contribution in [3.05, 3.63) is 0 Å². The summed E-state index contributed by atoms with van der Waals surface area (Å²) in [6.07, 6.45) is 1.31. The van der Waals surface area contributed by atoms with Crippen molar-refractivity contribution in [1.82, 2.24) is 0 Å². The molecule has 0 aromatic heterocycles. The molecule has 16 heavy (non-hydrogen) atoms. The van der Waals surface area contributed by atoms with Crippen molar-refractivity contribution in [1.29, 1.82) is 0 Å². The zero-order valence-electron chi connectivity index (χ0n) is 8.89. The van der Waals surface area contributed by atoms with Crippen LogP contribution in [0, 0.1) is 11.8 Å². The maximum absolute atomic E-state index is 5.88. The van der Waals surface area contributed by atoms with Gasteiger partial charge in [-0.05, 0) is 19.8 Å². The normalized spacial score (nSPS) is 34.1. The fraction of sp³-hybridized carbons (Fsp3) is 1.00. The lowest BCUT2D eigenvalue weighted by Gasteiger charge is -2.14. The van der Waals surface area contributed by atoms with Gasteiger partial charge in [0, 0.05) is 11.8 Å². The van der Waals surface area contributed by atoms with Crippen LogP contribution in [0.3, 0.4) is 0 Å². The predicted octanol–water partition coefficient (Wildman–Crippen LogP) is 3.75. The van der Waals surface area contributed by atoms with Gasteiger partial charge in [-0.2, -0.15) is 0 Å². The summed E-state index contributed by atoms with van der Waals surface area (Å²) in [5, 5.41) is 0. The average molecular weight is 308 g/mol. The lowest BCUT2D eigenvalue weighted by molar-refractivity contribution is -0.136. The summed E-state index contributed by atoms with van der Waals surface area (Å²) in [6.45, 7) is 2.91. The average Bonchev–Trinajstić information content (AvgIpc) is 2.96. The van der Waals surface area contributed by atoms with Gasteiger partial charge in [0.15, 0.2) is 6.29 Å². The van der Waals surface area contributed by atoms with Crippen molar-refractivity contribution >= 4 is 46.4 Å². The van der Waals surface area contributed by atoms with Crippen molar-refractivity contribution in [2.75, 3.05) is 13.2 Å². The summed E-state index contributed by atoms with van der Waals surface area (Å²) in [7, 11) is 0. The molecule has 2 atom stereocenters. The molecule has 0 bridgehead atoms. The molecule has 0 aromatic carbocycles. The van der Waals surface area contributed by atoms with Crippen LogP contribution < -0.4 is 0 Å². The fourth-order valence-corrected chi connectivity index (χ4v) is 2.45. The number of hydrogen-bond donors (Lipinski definition) is 0. The van der Waals surface area contributed by atoms with Crippen molar-refractivity contribution < 1.29 is 9.47 Å². The Labute approximate surface area is 115 Å². The molecular weight excluding hydrogens is 294 g/mol. The highest BCUT2D eigenvalue weighted by atomic mass is 35.5. The first-order valence-electron chi connectivity index (χ1n) is 5.30. The van der Waals surface area contributed by atoms with Crippen molar-refractivity contribution in [2.45, 2.75) is 34.7 Å². The van der Waals surface area contributed by atoms with E-state index in [-0.39, 0.29) is 18.1 Å². The smallest absolute Gasteiger partial charge is 0.154 e. The van der Waals surface area contributed by atoms with E-state index in [0.29, 0.717) is 13.2 Å². The van der Waals surface area contributed by atoms with Gasteiger partial charge in [-0.3, -0.25) is 0 Å². The van der Waals surface area contributed by atoms with Gasteiger partial charge < -0.3 is 9.47 Å². The minimum absolute atomic E-state index is 0.225. The molecule has 0 radical (unpaired) electrons. The van der Waals surface area contributed by atoms with E-state index in [1.165, 1.54) is 0 Å².